The predicted molar refractivity (Wildman–Crippen MR) is 82.0 cm³/mol. The standard InChI is InChI=1S/C18H18F3NO2/c1-17(2)8-13-16(14(23)9-17)12(7-15(24)22-13)10-3-5-11(6-4-10)18(19,20)21/h3-6,12H,7-9H2,1-2H3,(H,22,24). The molecule has 2 aliphatic rings. The summed E-state index contributed by atoms with van der Waals surface area (Å²) in [5.41, 5.74) is 0.770. The van der Waals surface area contributed by atoms with Crippen molar-refractivity contribution >= 4 is 11.7 Å². The van der Waals surface area contributed by atoms with Crippen LogP contribution < -0.4 is 5.32 Å². The Morgan fingerprint density at radius 1 is 1.08 bits per heavy atom. The summed E-state index contributed by atoms with van der Waals surface area (Å²) in [5.74, 6) is -0.713. The van der Waals surface area contributed by atoms with Crippen molar-refractivity contribution in [1.82, 2.24) is 5.32 Å². The number of allylic oxidation sites excluding steroid dienone is 2. The molecule has 0 bridgehead atoms. The van der Waals surface area contributed by atoms with Gasteiger partial charge in [-0.15, -0.1) is 0 Å². The van der Waals surface area contributed by atoms with E-state index >= 15 is 0 Å². The quantitative estimate of drug-likeness (QED) is 0.843. The van der Waals surface area contributed by atoms with Gasteiger partial charge in [-0.25, -0.2) is 0 Å². The van der Waals surface area contributed by atoms with Crippen molar-refractivity contribution in [2.45, 2.75) is 45.2 Å². The van der Waals surface area contributed by atoms with E-state index < -0.39 is 17.7 Å². The van der Waals surface area contributed by atoms with E-state index in [2.05, 4.69) is 5.32 Å². The van der Waals surface area contributed by atoms with Gasteiger partial charge < -0.3 is 5.32 Å². The molecule has 3 nitrogen and oxygen atoms in total. The maximum absolute atomic E-state index is 12.7. The van der Waals surface area contributed by atoms with Gasteiger partial charge in [0.05, 0.1) is 5.56 Å². The number of Topliss-reactive ketones (excluding diaryl/α,β-unsaturated/α-hetero) is 1. The highest BCUT2D eigenvalue weighted by Gasteiger charge is 2.40. The van der Waals surface area contributed by atoms with E-state index in [1.807, 2.05) is 13.8 Å². The Balaban J connectivity index is 2.00. The Hall–Kier alpha value is -2.11. The van der Waals surface area contributed by atoms with Crippen LogP contribution in [0.4, 0.5) is 13.2 Å². The smallest absolute Gasteiger partial charge is 0.329 e. The lowest BCUT2D eigenvalue weighted by atomic mass is 9.70. The minimum atomic E-state index is -4.41. The summed E-state index contributed by atoms with van der Waals surface area (Å²) in [7, 11) is 0. The zero-order chi connectivity index (χ0) is 17.7. The van der Waals surface area contributed by atoms with Crippen LogP contribution in [0, 0.1) is 5.41 Å². The molecule has 1 aliphatic carbocycles. The first-order valence-corrected chi connectivity index (χ1v) is 7.80. The summed E-state index contributed by atoms with van der Waals surface area (Å²) in [4.78, 5) is 24.6. The summed E-state index contributed by atoms with van der Waals surface area (Å²) < 4.78 is 38.1. The molecule has 1 aromatic carbocycles. The fourth-order valence-corrected chi connectivity index (χ4v) is 3.55. The van der Waals surface area contributed by atoms with Crippen LogP contribution in [0.25, 0.3) is 0 Å². The average molecular weight is 337 g/mol. The van der Waals surface area contributed by atoms with Crippen molar-refractivity contribution in [3.63, 3.8) is 0 Å². The SMILES string of the molecule is CC1(C)CC(=O)C2=C(C1)NC(=O)CC2c1ccc(C(F)(F)F)cc1. The molecule has 0 radical (unpaired) electrons. The molecular weight excluding hydrogens is 319 g/mol. The third-order valence-electron chi connectivity index (χ3n) is 4.59. The Bertz CT molecular complexity index is 730. The van der Waals surface area contributed by atoms with Crippen LogP contribution in [0.3, 0.4) is 0 Å². The molecule has 128 valence electrons. The van der Waals surface area contributed by atoms with Crippen LogP contribution in [0.15, 0.2) is 35.5 Å². The molecule has 0 saturated heterocycles. The molecule has 24 heavy (non-hydrogen) atoms. The van der Waals surface area contributed by atoms with Crippen LogP contribution in [0.2, 0.25) is 0 Å². The molecule has 6 heteroatoms. The normalized spacial score (nSPS) is 23.8. The molecule has 1 atom stereocenters. The second-order valence-electron chi connectivity index (χ2n) is 7.26. The molecule has 1 aromatic rings. The lowest BCUT2D eigenvalue weighted by Crippen LogP contribution is -2.40. The maximum atomic E-state index is 12.7. The number of nitrogens with one attached hydrogen (secondary N) is 1. The number of rotatable bonds is 1. The summed E-state index contributed by atoms with van der Waals surface area (Å²) >= 11 is 0. The largest absolute Gasteiger partial charge is 0.416 e. The van der Waals surface area contributed by atoms with Crippen molar-refractivity contribution in [1.29, 1.82) is 0 Å². The predicted octanol–water partition coefficient (Wildman–Crippen LogP) is 3.95. The van der Waals surface area contributed by atoms with Gasteiger partial charge in [-0.3, -0.25) is 9.59 Å². The minimum absolute atomic E-state index is 0.0360. The molecule has 1 amide bonds. The molecular formula is C18H18F3NO2. The van der Waals surface area contributed by atoms with Gasteiger partial charge in [0, 0.05) is 30.0 Å². The lowest BCUT2D eigenvalue weighted by Gasteiger charge is -2.37. The highest BCUT2D eigenvalue weighted by atomic mass is 19.4. The molecule has 0 spiro atoms. The molecule has 1 N–H and O–H groups in total. The van der Waals surface area contributed by atoms with Crippen molar-refractivity contribution < 1.29 is 22.8 Å². The van der Waals surface area contributed by atoms with Gasteiger partial charge in [0.15, 0.2) is 5.78 Å². The van der Waals surface area contributed by atoms with E-state index in [9.17, 15) is 22.8 Å². The monoisotopic (exact) mass is 337 g/mol. The summed E-state index contributed by atoms with van der Waals surface area (Å²) in [6.07, 6.45) is -3.37. The first-order chi connectivity index (χ1) is 11.1. The van der Waals surface area contributed by atoms with Crippen LogP contribution in [-0.2, 0) is 15.8 Å². The average Bonchev–Trinajstić information content (AvgIpc) is 2.43. The van der Waals surface area contributed by atoms with Crippen LogP contribution in [0.1, 0.15) is 50.2 Å². The van der Waals surface area contributed by atoms with Gasteiger partial charge in [0.2, 0.25) is 5.91 Å². The highest BCUT2D eigenvalue weighted by Crippen LogP contribution is 2.44. The van der Waals surface area contributed by atoms with Crippen molar-refractivity contribution in [2.75, 3.05) is 0 Å². The first kappa shape index (κ1) is 16.7. The topological polar surface area (TPSA) is 46.2 Å². The Morgan fingerprint density at radius 3 is 2.29 bits per heavy atom. The molecule has 1 unspecified atom stereocenters. The zero-order valence-corrected chi connectivity index (χ0v) is 13.5. The molecule has 1 heterocycles. The fraction of sp³-hybridized carbons (Fsp3) is 0.444. The second-order valence-corrected chi connectivity index (χ2v) is 7.26. The summed E-state index contributed by atoms with van der Waals surface area (Å²) in [6.45, 7) is 3.92. The highest BCUT2D eigenvalue weighted by molar-refractivity contribution is 6.02. The van der Waals surface area contributed by atoms with Crippen LogP contribution in [-0.4, -0.2) is 11.7 Å². The fourth-order valence-electron chi connectivity index (χ4n) is 3.55. The van der Waals surface area contributed by atoms with E-state index in [1.54, 1.807) is 0 Å². The van der Waals surface area contributed by atoms with Gasteiger partial charge in [0.1, 0.15) is 0 Å². The zero-order valence-electron chi connectivity index (χ0n) is 13.5. The van der Waals surface area contributed by atoms with Gasteiger partial charge in [0.25, 0.3) is 0 Å². The van der Waals surface area contributed by atoms with E-state index in [-0.39, 0.29) is 23.5 Å². The lowest BCUT2D eigenvalue weighted by molar-refractivity contribution is -0.137. The number of carbonyl (C=O) groups is 2. The number of hydrogen-bond acceptors (Lipinski definition) is 2. The molecule has 3 rings (SSSR count). The Kier molecular flexibility index (Phi) is 3.81. The van der Waals surface area contributed by atoms with Gasteiger partial charge in [-0.05, 0) is 29.5 Å². The number of benzene rings is 1. The summed E-state index contributed by atoms with van der Waals surface area (Å²) in [5, 5.41) is 2.78. The third-order valence-corrected chi connectivity index (χ3v) is 4.59. The molecule has 1 aliphatic heterocycles. The Labute approximate surface area is 137 Å². The molecule has 0 aromatic heterocycles. The van der Waals surface area contributed by atoms with E-state index in [0.717, 1.165) is 12.1 Å². The van der Waals surface area contributed by atoms with Crippen molar-refractivity contribution in [3.05, 3.63) is 46.7 Å². The third kappa shape index (κ3) is 3.09. The first-order valence-electron chi connectivity index (χ1n) is 7.80. The van der Waals surface area contributed by atoms with Gasteiger partial charge in [-0.1, -0.05) is 26.0 Å². The number of ketones is 1. The van der Waals surface area contributed by atoms with E-state index in [0.29, 0.717) is 29.7 Å². The van der Waals surface area contributed by atoms with Gasteiger partial charge in [-0.2, -0.15) is 13.2 Å². The number of amides is 1. The number of carbonyl (C=O) groups excluding carboxylic acids is 2. The van der Waals surface area contributed by atoms with Crippen LogP contribution in [0.5, 0.6) is 0 Å². The molecule has 0 fully saturated rings. The minimum Gasteiger partial charge on any atom is -0.329 e. The molecule has 0 saturated carbocycles. The van der Waals surface area contributed by atoms with E-state index in [4.69, 9.17) is 0 Å². The number of halogens is 3. The van der Waals surface area contributed by atoms with Crippen molar-refractivity contribution in [3.8, 4) is 0 Å². The maximum Gasteiger partial charge on any atom is 0.416 e. The van der Waals surface area contributed by atoms with Gasteiger partial charge >= 0.3 is 6.18 Å². The number of alkyl halides is 3. The van der Waals surface area contributed by atoms with Crippen LogP contribution >= 0.6 is 0 Å². The number of hydrogen-bond donors (Lipinski definition) is 1. The Morgan fingerprint density at radius 2 is 1.71 bits per heavy atom. The second kappa shape index (κ2) is 5.46. The summed E-state index contributed by atoms with van der Waals surface area (Å²) in [6, 6.07) is 4.73. The van der Waals surface area contributed by atoms with Crippen molar-refractivity contribution in [2.24, 2.45) is 5.41 Å². The van der Waals surface area contributed by atoms with E-state index in [1.165, 1.54) is 12.1 Å².